The van der Waals surface area contributed by atoms with Gasteiger partial charge in [0, 0.05) is 12.9 Å². The van der Waals surface area contributed by atoms with Crippen molar-refractivity contribution in [1.29, 1.82) is 0 Å². The van der Waals surface area contributed by atoms with E-state index >= 15 is 0 Å². The lowest BCUT2D eigenvalue weighted by atomic mass is 9.93. The minimum atomic E-state index is -2.95. The minimum absolute atomic E-state index is 0.123. The van der Waals surface area contributed by atoms with Crippen molar-refractivity contribution < 1.29 is 18.3 Å². The van der Waals surface area contributed by atoms with E-state index in [0.29, 0.717) is 32.2 Å². The number of sulfone groups is 1. The number of aliphatic hydroxyl groups is 1. The van der Waals surface area contributed by atoms with E-state index in [9.17, 15) is 13.5 Å². The van der Waals surface area contributed by atoms with Gasteiger partial charge in [-0.25, -0.2) is 8.42 Å². The molecule has 0 aromatic heterocycles. The van der Waals surface area contributed by atoms with Crippen LogP contribution in [0.25, 0.3) is 0 Å². The van der Waals surface area contributed by atoms with Crippen LogP contribution in [0.2, 0.25) is 0 Å². The Morgan fingerprint density at radius 3 is 2.35 bits per heavy atom. The van der Waals surface area contributed by atoms with Gasteiger partial charge in [-0.05, 0) is 32.2 Å². The topological polar surface area (TPSA) is 89.6 Å². The van der Waals surface area contributed by atoms with Crippen LogP contribution < -0.4 is 5.73 Å². The molecule has 0 aromatic rings. The van der Waals surface area contributed by atoms with E-state index in [0.717, 1.165) is 0 Å². The first-order valence-electron chi connectivity index (χ1n) is 6.01. The molecule has 0 radical (unpaired) electrons. The second-order valence-electron chi connectivity index (χ2n) is 4.39. The van der Waals surface area contributed by atoms with Crippen LogP contribution in [0.3, 0.4) is 0 Å². The lowest BCUT2D eigenvalue weighted by Gasteiger charge is -2.27. The molecule has 0 aliphatic carbocycles. The molecule has 0 amide bonds. The highest BCUT2D eigenvalue weighted by molar-refractivity contribution is 7.91. The lowest BCUT2D eigenvalue weighted by molar-refractivity contribution is -0.0441. The Labute approximate surface area is 104 Å². The Morgan fingerprint density at radius 2 is 1.88 bits per heavy atom. The van der Waals surface area contributed by atoms with Crippen molar-refractivity contribution in [2.24, 2.45) is 5.73 Å². The zero-order chi connectivity index (χ0) is 13.4. The van der Waals surface area contributed by atoms with E-state index in [1.54, 1.807) is 6.92 Å². The van der Waals surface area contributed by atoms with Crippen LogP contribution in [-0.2, 0) is 14.6 Å². The summed E-state index contributed by atoms with van der Waals surface area (Å²) >= 11 is 0. The number of hydrogen-bond donors (Lipinski definition) is 2. The molecule has 0 fully saturated rings. The molecule has 0 heterocycles. The van der Waals surface area contributed by atoms with Gasteiger partial charge in [-0.15, -0.1) is 0 Å². The van der Waals surface area contributed by atoms with Crippen molar-refractivity contribution >= 4 is 9.84 Å². The average molecular weight is 267 g/mol. The molecule has 0 saturated carbocycles. The average Bonchev–Trinajstić information content (AvgIpc) is 2.27. The predicted molar refractivity (Wildman–Crippen MR) is 68.7 cm³/mol. The Balaban J connectivity index is 4.16. The first-order chi connectivity index (χ1) is 7.89. The Kier molecular flexibility index (Phi) is 7.94. The fourth-order valence-corrected chi connectivity index (χ4v) is 2.61. The van der Waals surface area contributed by atoms with Gasteiger partial charge >= 0.3 is 0 Å². The highest BCUT2D eigenvalue weighted by atomic mass is 32.2. The Bertz CT molecular complexity index is 292. The highest BCUT2D eigenvalue weighted by Gasteiger charge is 2.26. The summed E-state index contributed by atoms with van der Waals surface area (Å²) in [5, 5.41) is 10.2. The van der Waals surface area contributed by atoms with Crippen molar-refractivity contribution in [1.82, 2.24) is 0 Å². The van der Waals surface area contributed by atoms with Crippen molar-refractivity contribution in [2.45, 2.75) is 38.2 Å². The number of nitrogens with two attached hydrogens (primary N) is 1. The van der Waals surface area contributed by atoms with Gasteiger partial charge in [0.15, 0.2) is 0 Å². The van der Waals surface area contributed by atoms with Crippen LogP contribution in [0.5, 0.6) is 0 Å². The van der Waals surface area contributed by atoms with Gasteiger partial charge in [0.25, 0.3) is 0 Å². The van der Waals surface area contributed by atoms with E-state index in [4.69, 9.17) is 10.5 Å². The summed E-state index contributed by atoms with van der Waals surface area (Å²) in [6.07, 6.45) is 2.14. The van der Waals surface area contributed by atoms with Crippen LogP contribution in [-0.4, -0.2) is 50.9 Å². The minimum Gasteiger partial charge on any atom is -0.387 e. The van der Waals surface area contributed by atoms with Crippen LogP contribution in [0.4, 0.5) is 0 Å². The molecule has 104 valence electrons. The van der Waals surface area contributed by atoms with Crippen molar-refractivity contribution in [2.75, 3.05) is 31.8 Å². The fraction of sp³-hybridized carbons (Fsp3) is 1.00. The van der Waals surface area contributed by atoms with Gasteiger partial charge in [-0.2, -0.15) is 0 Å². The molecule has 0 rings (SSSR count). The van der Waals surface area contributed by atoms with Gasteiger partial charge in [0.05, 0.1) is 18.0 Å². The van der Waals surface area contributed by atoms with Gasteiger partial charge in [-0.1, -0.05) is 6.92 Å². The molecule has 0 bridgehead atoms. The second kappa shape index (κ2) is 8.02. The number of ether oxygens (including phenoxy) is 1. The summed E-state index contributed by atoms with van der Waals surface area (Å²) in [6, 6.07) is 0. The van der Waals surface area contributed by atoms with Crippen LogP contribution >= 0.6 is 0 Å². The maximum atomic E-state index is 11.3. The quantitative estimate of drug-likeness (QED) is 0.595. The first kappa shape index (κ1) is 16.8. The van der Waals surface area contributed by atoms with Crippen molar-refractivity contribution in [3.63, 3.8) is 0 Å². The molecule has 6 heteroatoms. The maximum absolute atomic E-state index is 11.3. The molecule has 0 saturated heterocycles. The maximum Gasteiger partial charge on any atom is 0.150 e. The molecular formula is C11H25NO4S. The summed E-state index contributed by atoms with van der Waals surface area (Å²) in [5.41, 5.74) is 4.46. The molecular weight excluding hydrogens is 242 g/mol. The molecule has 3 N–H and O–H groups in total. The van der Waals surface area contributed by atoms with Gasteiger partial charge in [0.1, 0.15) is 9.84 Å². The predicted octanol–water partition coefficient (Wildman–Crippen LogP) is 0.318. The molecule has 5 nitrogen and oxygen atoms in total. The summed E-state index contributed by atoms with van der Waals surface area (Å²) < 4.78 is 27.6. The number of methoxy groups -OCH3 is 1. The smallest absolute Gasteiger partial charge is 0.150 e. The monoisotopic (exact) mass is 267 g/mol. The van der Waals surface area contributed by atoms with Crippen molar-refractivity contribution in [3.05, 3.63) is 0 Å². The second-order valence-corrected chi connectivity index (χ2v) is 6.86. The zero-order valence-corrected chi connectivity index (χ0v) is 11.6. The Hall–Kier alpha value is -0.170. The third-order valence-electron chi connectivity index (χ3n) is 2.80. The lowest BCUT2D eigenvalue weighted by Crippen LogP contribution is -2.35. The zero-order valence-electron chi connectivity index (χ0n) is 10.8. The van der Waals surface area contributed by atoms with Gasteiger partial charge < -0.3 is 15.6 Å². The number of rotatable bonds is 10. The Morgan fingerprint density at radius 1 is 1.29 bits per heavy atom. The van der Waals surface area contributed by atoms with Crippen LogP contribution in [0.15, 0.2) is 0 Å². The SMILES string of the molecule is CCS(=O)(=O)CCCC(O)(CCCN)COC. The summed E-state index contributed by atoms with van der Waals surface area (Å²) in [6.45, 7) is 2.36. The number of hydrogen-bond acceptors (Lipinski definition) is 5. The van der Waals surface area contributed by atoms with Crippen molar-refractivity contribution in [3.8, 4) is 0 Å². The third-order valence-corrected chi connectivity index (χ3v) is 4.59. The third kappa shape index (κ3) is 7.70. The summed E-state index contributed by atoms with van der Waals surface area (Å²) in [7, 11) is -1.43. The molecule has 0 aliphatic rings. The van der Waals surface area contributed by atoms with E-state index in [1.165, 1.54) is 7.11 Å². The summed E-state index contributed by atoms with van der Waals surface area (Å²) in [5.74, 6) is 0.274. The fourth-order valence-electron chi connectivity index (χ4n) is 1.73. The summed E-state index contributed by atoms with van der Waals surface area (Å²) in [4.78, 5) is 0. The van der Waals surface area contributed by atoms with Crippen LogP contribution in [0, 0.1) is 0 Å². The molecule has 1 atom stereocenters. The normalized spacial score (nSPS) is 15.8. The van der Waals surface area contributed by atoms with Gasteiger partial charge in [0.2, 0.25) is 0 Å². The van der Waals surface area contributed by atoms with Gasteiger partial charge in [-0.3, -0.25) is 0 Å². The molecule has 17 heavy (non-hydrogen) atoms. The molecule has 0 aromatic carbocycles. The molecule has 1 unspecified atom stereocenters. The largest absolute Gasteiger partial charge is 0.387 e. The first-order valence-corrected chi connectivity index (χ1v) is 7.83. The van der Waals surface area contributed by atoms with E-state index in [-0.39, 0.29) is 18.1 Å². The van der Waals surface area contributed by atoms with E-state index in [1.807, 2.05) is 0 Å². The molecule has 0 aliphatic heterocycles. The molecule has 0 spiro atoms. The standard InChI is InChI=1S/C11H25NO4S/c1-3-17(14,15)9-5-7-11(13,10-16-2)6-4-8-12/h13H,3-10,12H2,1-2H3. The van der Waals surface area contributed by atoms with Crippen LogP contribution in [0.1, 0.15) is 32.6 Å². The highest BCUT2D eigenvalue weighted by Crippen LogP contribution is 2.20. The van der Waals surface area contributed by atoms with E-state index < -0.39 is 15.4 Å². The van der Waals surface area contributed by atoms with E-state index in [2.05, 4.69) is 0 Å².